The van der Waals surface area contributed by atoms with E-state index in [1.807, 2.05) is 72.8 Å². The van der Waals surface area contributed by atoms with Crippen molar-refractivity contribution in [2.24, 2.45) is 0 Å². The molecule has 0 unspecified atom stereocenters. The summed E-state index contributed by atoms with van der Waals surface area (Å²) < 4.78 is 9.15. The molecule has 0 saturated heterocycles. The Morgan fingerprint density at radius 2 is 0.750 bits per heavy atom. The fourth-order valence-corrected chi connectivity index (χ4v) is 9.79. The minimum Gasteiger partial charge on any atom is -0.456 e. The molecule has 0 saturated carbocycles. The van der Waals surface area contributed by atoms with Gasteiger partial charge in [-0.25, -0.2) is 15.0 Å². The minimum atomic E-state index is 0.584. The number of benzene rings is 10. The second-order valence-electron chi connectivity index (χ2n) is 16.3. The van der Waals surface area contributed by atoms with E-state index >= 15 is 0 Å². The van der Waals surface area contributed by atoms with Crippen molar-refractivity contribution in [1.82, 2.24) is 19.5 Å². The van der Waals surface area contributed by atoms with Gasteiger partial charge in [-0.2, -0.15) is 0 Å². The van der Waals surface area contributed by atoms with Gasteiger partial charge in [0.15, 0.2) is 17.5 Å². The molecule has 5 nitrogen and oxygen atoms in total. The summed E-state index contributed by atoms with van der Waals surface area (Å²) in [7, 11) is 0. The van der Waals surface area contributed by atoms with Gasteiger partial charge < -0.3 is 8.98 Å². The third-order valence-corrected chi connectivity index (χ3v) is 12.6. The van der Waals surface area contributed by atoms with E-state index in [-0.39, 0.29) is 0 Å². The lowest BCUT2D eigenvalue weighted by Gasteiger charge is -2.13. The van der Waals surface area contributed by atoms with Crippen LogP contribution in [-0.2, 0) is 0 Å². The Labute approximate surface area is 368 Å². The van der Waals surface area contributed by atoms with Crippen LogP contribution in [0.15, 0.2) is 223 Å². The number of hydrogen-bond acceptors (Lipinski definition) is 4. The van der Waals surface area contributed by atoms with Gasteiger partial charge in [-0.05, 0) is 80.2 Å². The molecule has 13 rings (SSSR count). The first-order valence-electron chi connectivity index (χ1n) is 21.6. The van der Waals surface area contributed by atoms with E-state index < -0.39 is 0 Å². The Morgan fingerprint density at radius 1 is 0.297 bits per heavy atom. The zero-order valence-corrected chi connectivity index (χ0v) is 34.5. The highest BCUT2D eigenvalue weighted by Gasteiger charge is 2.23. The quantitative estimate of drug-likeness (QED) is 0.168. The van der Waals surface area contributed by atoms with E-state index in [9.17, 15) is 0 Å². The monoisotopic (exact) mass is 816 g/mol. The summed E-state index contributed by atoms with van der Waals surface area (Å²) in [6, 6.07) is 77.0. The first-order chi connectivity index (χ1) is 31.7. The second-order valence-corrected chi connectivity index (χ2v) is 16.3. The smallest absolute Gasteiger partial charge is 0.164 e. The van der Waals surface area contributed by atoms with Crippen LogP contribution in [0.4, 0.5) is 0 Å². The van der Waals surface area contributed by atoms with Gasteiger partial charge in [-0.1, -0.05) is 182 Å². The van der Waals surface area contributed by atoms with Crippen molar-refractivity contribution in [1.29, 1.82) is 0 Å². The highest BCUT2D eigenvalue weighted by molar-refractivity contribution is 6.31. The van der Waals surface area contributed by atoms with Gasteiger partial charge in [0.25, 0.3) is 0 Å². The van der Waals surface area contributed by atoms with Crippen LogP contribution < -0.4 is 0 Å². The van der Waals surface area contributed by atoms with Gasteiger partial charge in [-0.15, -0.1) is 0 Å². The van der Waals surface area contributed by atoms with Gasteiger partial charge in [0.2, 0.25) is 0 Å². The van der Waals surface area contributed by atoms with Gasteiger partial charge >= 0.3 is 0 Å². The fourth-order valence-electron chi connectivity index (χ4n) is 9.79. The van der Waals surface area contributed by atoms with Crippen molar-refractivity contribution in [3.05, 3.63) is 218 Å². The first kappa shape index (κ1) is 36.0. The summed E-state index contributed by atoms with van der Waals surface area (Å²) >= 11 is 0. The predicted octanol–water partition coefficient (Wildman–Crippen LogP) is 15.5. The van der Waals surface area contributed by atoms with Crippen LogP contribution in [0.2, 0.25) is 0 Å². The lowest BCUT2D eigenvalue weighted by Crippen LogP contribution is -2.00. The van der Waals surface area contributed by atoms with E-state index in [1.165, 1.54) is 54.6 Å². The van der Waals surface area contributed by atoms with Crippen LogP contribution in [-0.4, -0.2) is 19.5 Å². The maximum Gasteiger partial charge on any atom is 0.164 e. The molecule has 5 heteroatoms. The van der Waals surface area contributed by atoms with Crippen LogP contribution in [0.25, 0.3) is 127 Å². The molecule has 0 fully saturated rings. The van der Waals surface area contributed by atoms with Gasteiger partial charge in [0.1, 0.15) is 11.2 Å². The summed E-state index contributed by atoms with van der Waals surface area (Å²) in [5.74, 6) is 1.81. The number of aromatic nitrogens is 4. The van der Waals surface area contributed by atoms with Crippen LogP contribution in [0.1, 0.15) is 0 Å². The SMILES string of the molecule is c1ccc(-c2nc(-c3ccccc3)nc(-c3cccc4oc5ccc(-n6c7cc(-c8ccccc8)c8ccccc8c7c7c8ccccc8c(-c8ccccc8)cc76)cc5c34)n2)cc1. The molecule has 0 aliphatic carbocycles. The number of fused-ring (bicyclic) bond motifs is 10. The van der Waals surface area contributed by atoms with Crippen LogP contribution in [0, 0.1) is 0 Å². The summed E-state index contributed by atoms with van der Waals surface area (Å²) in [5.41, 5.74) is 12.3. The third-order valence-electron chi connectivity index (χ3n) is 12.6. The standard InChI is InChI=1S/C59H36N4O/c1-5-18-37(19-6-1)47-35-50-55(44-28-15-13-26-42(44)47)56-45-29-16-14-27-43(45)48(38-20-7-2-8-21-38)36-51(56)63(50)41-32-33-52-49(34-41)54-46(30-17-31-53(54)64-52)59-61-57(39-22-9-3-10-23-39)60-58(62-59)40-24-11-4-12-25-40/h1-36H. The highest BCUT2D eigenvalue weighted by Crippen LogP contribution is 2.47. The van der Waals surface area contributed by atoms with Gasteiger partial charge in [0, 0.05) is 43.9 Å². The number of rotatable bonds is 6. The summed E-state index contributed by atoms with van der Waals surface area (Å²) in [6.07, 6.45) is 0. The molecule has 298 valence electrons. The van der Waals surface area contributed by atoms with Crippen molar-refractivity contribution in [2.75, 3.05) is 0 Å². The zero-order valence-electron chi connectivity index (χ0n) is 34.5. The molecule has 0 bridgehead atoms. The van der Waals surface area contributed by atoms with Crippen LogP contribution >= 0.6 is 0 Å². The Kier molecular flexibility index (Phi) is 8.15. The predicted molar refractivity (Wildman–Crippen MR) is 264 cm³/mol. The molecule has 0 radical (unpaired) electrons. The van der Waals surface area contributed by atoms with E-state index in [0.29, 0.717) is 17.5 Å². The second kappa shape index (κ2) is 14.5. The molecule has 0 N–H and O–H groups in total. The van der Waals surface area contributed by atoms with E-state index in [4.69, 9.17) is 19.4 Å². The number of furan rings is 1. The Balaban J connectivity index is 1.13. The molecule has 0 spiro atoms. The normalized spacial score (nSPS) is 11.8. The Hall–Kier alpha value is -8.67. The van der Waals surface area contributed by atoms with Crippen molar-refractivity contribution < 1.29 is 4.42 Å². The molecule has 3 heterocycles. The summed E-state index contributed by atoms with van der Waals surface area (Å²) in [5, 5.41) is 9.27. The molecule has 0 aliphatic heterocycles. The summed E-state index contributed by atoms with van der Waals surface area (Å²) in [4.78, 5) is 15.3. The van der Waals surface area contributed by atoms with E-state index in [1.54, 1.807) is 0 Å². The molecule has 0 aliphatic rings. The highest BCUT2D eigenvalue weighted by atomic mass is 16.3. The lowest BCUT2D eigenvalue weighted by atomic mass is 9.92. The molecule has 13 aromatic rings. The lowest BCUT2D eigenvalue weighted by molar-refractivity contribution is 0.669. The number of hydrogen-bond donors (Lipinski definition) is 0. The molecular formula is C59H36N4O. The fraction of sp³-hybridized carbons (Fsp3) is 0. The maximum atomic E-state index is 6.68. The topological polar surface area (TPSA) is 56.7 Å². The minimum absolute atomic E-state index is 0.584. The van der Waals surface area contributed by atoms with Crippen molar-refractivity contribution in [3.63, 3.8) is 0 Å². The van der Waals surface area contributed by atoms with Gasteiger partial charge in [-0.3, -0.25) is 0 Å². The first-order valence-corrected chi connectivity index (χ1v) is 21.6. The average Bonchev–Trinajstić information content (AvgIpc) is 3.92. The van der Waals surface area contributed by atoms with Crippen molar-refractivity contribution >= 4 is 65.3 Å². The van der Waals surface area contributed by atoms with Crippen LogP contribution in [0.3, 0.4) is 0 Å². The molecule has 3 aromatic heterocycles. The molecule has 64 heavy (non-hydrogen) atoms. The Morgan fingerprint density at radius 3 is 1.27 bits per heavy atom. The molecule has 0 amide bonds. The summed E-state index contributed by atoms with van der Waals surface area (Å²) in [6.45, 7) is 0. The zero-order chi connectivity index (χ0) is 42.1. The molecule has 0 atom stereocenters. The van der Waals surface area contributed by atoms with Gasteiger partial charge in [0.05, 0.1) is 11.0 Å². The van der Waals surface area contributed by atoms with Crippen LogP contribution in [0.5, 0.6) is 0 Å². The Bertz CT molecular complexity index is 3740. The molecular weight excluding hydrogens is 781 g/mol. The average molecular weight is 817 g/mol. The van der Waals surface area contributed by atoms with E-state index in [0.717, 1.165) is 55.3 Å². The number of nitrogens with zero attached hydrogens (tertiary/aromatic N) is 4. The van der Waals surface area contributed by atoms with Crippen molar-refractivity contribution in [2.45, 2.75) is 0 Å². The van der Waals surface area contributed by atoms with E-state index in [2.05, 4.69) is 150 Å². The largest absolute Gasteiger partial charge is 0.456 e. The molecule has 10 aromatic carbocycles. The third kappa shape index (κ3) is 5.68. The van der Waals surface area contributed by atoms with Crippen molar-refractivity contribution in [3.8, 4) is 62.1 Å². The maximum absolute atomic E-state index is 6.68.